The molecule has 0 atom stereocenters. The second kappa shape index (κ2) is 6.42. The summed E-state index contributed by atoms with van der Waals surface area (Å²) in [6.07, 6.45) is 0.959. The number of hydrogen-bond donors (Lipinski definition) is 1. The maximum atomic E-state index is 12.0. The van der Waals surface area contributed by atoms with Crippen LogP contribution in [0.15, 0.2) is 54.6 Å². The maximum Gasteiger partial charge on any atom is 0.235 e. The summed E-state index contributed by atoms with van der Waals surface area (Å²) >= 11 is 0. The topological polar surface area (TPSA) is 66.5 Å². The number of anilines is 2. The zero-order chi connectivity index (χ0) is 16.3. The molecule has 2 aromatic rings. The van der Waals surface area contributed by atoms with E-state index in [0.717, 1.165) is 5.56 Å². The van der Waals surface area contributed by atoms with E-state index in [9.17, 15) is 13.2 Å². The van der Waals surface area contributed by atoms with Crippen LogP contribution in [0.2, 0.25) is 0 Å². The van der Waals surface area contributed by atoms with Gasteiger partial charge in [-0.1, -0.05) is 30.3 Å². The van der Waals surface area contributed by atoms with Gasteiger partial charge >= 0.3 is 0 Å². The number of carbonyl (C=O) groups excluding carboxylic acids is 1. The molecule has 6 heteroatoms. The predicted octanol–water partition coefficient (Wildman–Crippen LogP) is 2.41. The summed E-state index contributed by atoms with van der Waals surface area (Å²) in [5, 5.41) is 2.82. The number of benzene rings is 2. The lowest BCUT2D eigenvalue weighted by Gasteiger charge is -2.17. The van der Waals surface area contributed by atoms with Crippen molar-refractivity contribution in [3.63, 3.8) is 0 Å². The van der Waals surface area contributed by atoms with Crippen LogP contribution in [0.1, 0.15) is 12.0 Å². The van der Waals surface area contributed by atoms with Gasteiger partial charge in [-0.25, -0.2) is 8.42 Å². The highest BCUT2D eigenvalue weighted by atomic mass is 32.2. The third-order valence-electron chi connectivity index (χ3n) is 3.75. The van der Waals surface area contributed by atoms with Crippen LogP contribution in [0.25, 0.3) is 0 Å². The summed E-state index contributed by atoms with van der Waals surface area (Å²) in [5.74, 6) is 0.0977. The first kappa shape index (κ1) is 15.6. The number of amides is 1. The van der Waals surface area contributed by atoms with E-state index in [-0.39, 0.29) is 11.7 Å². The van der Waals surface area contributed by atoms with Crippen molar-refractivity contribution < 1.29 is 13.2 Å². The normalized spacial score (nSPS) is 16.3. The molecule has 0 radical (unpaired) electrons. The van der Waals surface area contributed by atoms with Gasteiger partial charge in [-0.3, -0.25) is 9.10 Å². The van der Waals surface area contributed by atoms with Crippen molar-refractivity contribution in [3.05, 3.63) is 60.2 Å². The molecule has 1 fully saturated rings. The van der Waals surface area contributed by atoms with Crippen LogP contribution in [0, 0.1) is 0 Å². The number of sulfonamides is 1. The highest BCUT2D eigenvalue weighted by Gasteiger charge is 2.28. The molecule has 2 aromatic carbocycles. The lowest BCUT2D eigenvalue weighted by molar-refractivity contribution is -0.115. The molecule has 1 aliphatic rings. The van der Waals surface area contributed by atoms with Gasteiger partial charge in [0, 0.05) is 12.2 Å². The minimum atomic E-state index is -3.17. The molecule has 1 heterocycles. The minimum absolute atomic E-state index is 0.0993. The zero-order valence-corrected chi connectivity index (χ0v) is 13.4. The van der Waals surface area contributed by atoms with Gasteiger partial charge in [0.25, 0.3) is 0 Å². The summed E-state index contributed by atoms with van der Waals surface area (Å²) < 4.78 is 25.2. The van der Waals surface area contributed by atoms with Gasteiger partial charge in [0.2, 0.25) is 15.9 Å². The van der Waals surface area contributed by atoms with Gasteiger partial charge in [-0.05, 0) is 36.2 Å². The van der Waals surface area contributed by atoms with Gasteiger partial charge in [-0.2, -0.15) is 0 Å². The van der Waals surface area contributed by atoms with Crippen LogP contribution in [0.3, 0.4) is 0 Å². The van der Waals surface area contributed by atoms with Crippen molar-refractivity contribution in [2.45, 2.75) is 12.8 Å². The van der Waals surface area contributed by atoms with Crippen molar-refractivity contribution in [3.8, 4) is 0 Å². The molecule has 120 valence electrons. The second-order valence-electron chi connectivity index (χ2n) is 5.50. The summed E-state index contributed by atoms with van der Waals surface area (Å²) in [6.45, 7) is 0.516. The minimum Gasteiger partial charge on any atom is -0.326 e. The smallest absolute Gasteiger partial charge is 0.235 e. The molecule has 0 unspecified atom stereocenters. The Morgan fingerprint density at radius 3 is 2.35 bits per heavy atom. The van der Waals surface area contributed by atoms with E-state index in [1.54, 1.807) is 24.3 Å². The Balaban J connectivity index is 1.65. The van der Waals surface area contributed by atoms with Crippen molar-refractivity contribution in [2.24, 2.45) is 0 Å². The molecule has 0 saturated carbocycles. The SMILES string of the molecule is O=C(Cc1ccccc1)Nc1ccc(N2CCCS2(=O)=O)cc1. The molecule has 1 saturated heterocycles. The molecule has 5 nitrogen and oxygen atoms in total. The number of nitrogens with one attached hydrogen (secondary N) is 1. The van der Waals surface area contributed by atoms with Crippen molar-refractivity contribution in [1.29, 1.82) is 0 Å². The first-order valence-corrected chi connectivity index (χ1v) is 9.10. The third kappa shape index (κ3) is 3.71. The molecule has 23 heavy (non-hydrogen) atoms. The summed E-state index contributed by atoms with van der Waals surface area (Å²) in [6, 6.07) is 16.4. The number of carbonyl (C=O) groups is 1. The van der Waals surface area contributed by atoms with Crippen LogP contribution < -0.4 is 9.62 Å². The first-order chi connectivity index (χ1) is 11.0. The van der Waals surface area contributed by atoms with Gasteiger partial charge in [0.15, 0.2) is 0 Å². The summed E-state index contributed by atoms with van der Waals surface area (Å²) in [5.41, 5.74) is 2.25. The Hall–Kier alpha value is -2.34. The Morgan fingerprint density at radius 2 is 1.74 bits per heavy atom. The zero-order valence-electron chi connectivity index (χ0n) is 12.6. The van der Waals surface area contributed by atoms with E-state index in [4.69, 9.17) is 0 Å². The molecule has 0 bridgehead atoms. The van der Waals surface area contributed by atoms with Gasteiger partial charge in [0.1, 0.15) is 0 Å². The molecular weight excluding hydrogens is 312 g/mol. The van der Waals surface area contributed by atoms with E-state index in [2.05, 4.69) is 5.32 Å². The predicted molar refractivity (Wildman–Crippen MR) is 91.0 cm³/mol. The van der Waals surface area contributed by atoms with E-state index in [1.807, 2.05) is 30.3 Å². The Bertz CT molecular complexity index is 786. The standard InChI is InChI=1S/C17H18N2O3S/c20-17(13-14-5-2-1-3-6-14)18-15-7-9-16(10-8-15)19-11-4-12-23(19,21)22/h1-3,5-10H,4,11-13H2,(H,18,20). The Kier molecular flexibility index (Phi) is 4.34. The monoisotopic (exact) mass is 330 g/mol. The Morgan fingerprint density at radius 1 is 1.04 bits per heavy atom. The van der Waals surface area contributed by atoms with Crippen molar-refractivity contribution in [1.82, 2.24) is 0 Å². The lowest BCUT2D eigenvalue weighted by Crippen LogP contribution is -2.25. The van der Waals surface area contributed by atoms with Gasteiger partial charge in [-0.15, -0.1) is 0 Å². The van der Waals surface area contributed by atoms with Crippen molar-refractivity contribution in [2.75, 3.05) is 21.9 Å². The van der Waals surface area contributed by atoms with Gasteiger partial charge in [0.05, 0.1) is 17.9 Å². The van der Waals surface area contributed by atoms with Gasteiger partial charge < -0.3 is 5.32 Å². The fraction of sp³-hybridized carbons (Fsp3) is 0.235. The first-order valence-electron chi connectivity index (χ1n) is 7.49. The van der Waals surface area contributed by atoms with Crippen LogP contribution >= 0.6 is 0 Å². The highest BCUT2D eigenvalue weighted by molar-refractivity contribution is 7.93. The molecule has 0 aromatic heterocycles. The third-order valence-corrected chi connectivity index (χ3v) is 5.62. The van der Waals surface area contributed by atoms with Crippen molar-refractivity contribution >= 4 is 27.3 Å². The Labute approximate surface area is 136 Å². The largest absolute Gasteiger partial charge is 0.326 e. The molecular formula is C17H18N2O3S. The molecule has 1 amide bonds. The maximum absolute atomic E-state index is 12.0. The summed E-state index contributed by atoms with van der Waals surface area (Å²) in [7, 11) is -3.17. The van der Waals surface area contributed by atoms with E-state index in [1.165, 1.54) is 4.31 Å². The van der Waals surface area contributed by atoms with Crippen LogP contribution in [0.5, 0.6) is 0 Å². The molecule has 1 aliphatic heterocycles. The average molecular weight is 330 g/mol. The fourth-order valence-corrected chi connectivity index (χ4v) is 4.19. The van der Waals surface area contributed by atoms with E-state index in [0.29, 0.717) is 30.8 Å². The van der Waals surface area contributed by atoms with Crippen LogP contribution in [0.4, 0.5) is 11.4 Å². The highest BCUT2D eigenvalue weighted by Crippen LogP contribution is 2.25. The number of hydrogen-bond acceptors (Lipinski definition) is 3. The second-order valence-corrected chi connectivity index (χ2v) is 7.51. The molecule has 0 spiro atoms. The molecule has 1 N–H and O–H groups in total. The van der Waals surface area contributed by atoms with E-state index >= 15 is 0 Å². The number of rotatable bonds is 4. The van der Waals surface area contributed by atoms with Crippen LogP contribution in [-0.4, -0.2) is 26.6 Å². The lowest BCUT2D eigenvalue weighted by atomic mass is 10.1. The summed E-state index contributed by atoms with van der Waals surface area (Å²) in [4.78, 5) is 12.0. The van der Waals surface area contributed by atoms with Crippen LogP contribution in [-0.2, 0) is 21.2 Å². The quantitative estimate of drug-likeness (QED) is 0.936. The van der Waals surface area contributed by atoms with E-state index < -0.39 is 10.0 Å². The fourth-order valence-electron chi connectivity index (χ4n) is 2.63. The molecule has 0 aliphatic carbocycles. The number of nitrogens with zero attached hydrogens (tertiary/aromatic N) is 1. The average Bonchev–Trinajstić information content (AvgIpc) is 2.88. The molecule has 3 rings (SSSR count).